The molecule has 0 bridgehead atoms. The summed E-state index contributed by atoms with van der Waals surface area (Å²) in [6.07, 6.45) is -1.63. The maximum Gasteiger partial charge on any atom is 0.411 e. The van der Waals surface area contributed by atoms with Crippen molar-refractivity contribution in [1.29, 1.82) is 0 Å². The summed E-state index contributed by atoms with van der Waals surface area (Å²) < 4.78 is 33.0. The van der Waals surface area contributed by atoms with Crippen LogP contribution in [-0.2, 0) is 16.1 Å². The second-order valence-corrected chi connectivity index (χ2v) is 8.91. The molecule has 1 aliphatic rings. The number of carbonyl (C=O) groups is 3. The normalized spacial score (nSPS) is 16.5. The minimum Gasteiger partial charge on any atom is -0.438 e. The molecule has 4 aromatic carbocycles. The van der Waals surface area contributed by atoms with E-state index >= 15 is 0 Å². The van der Waals surface area contributed by atoms with Crippen LogP contribution in [0.4, 0.5) is 25.0 Å². The molecule has 0 aromatic heterocycles. The number of ether oxygens (including phenoxy) is 1. The van der Waals surface area contributed by atoms with Gasteiger partial charge in [0.25, 0.3) is 11.8 Å². The molecule has 0 unspecified atom stereocenters. The number of hydrogen-bond acceptors (Lipinski definition) is 4. The van der Waals surface area contributed by atoms with Gasteiger partial charge in [0.1, 0.15) is 11.6 Å². The standard InChI is InChI=1S/C30H23F2N3O4/c31-21-12-16-23(17-13-21)34-29(37)26-27(39-30(38)35(26)18-19-6-2-1-3-7-19)20-10-14-22(15-11-20)33-28(36)24-8-4-5-9-25(24)32/h1-17,26-27H,18H2,(H,33,36)(H,34,37)/t26-,27-/m0/s1. The maximum atomic E-state index is 14.0. The molecular formula is C30H23F2N3O4. The van der Waals surface area contributed by atoms with Gasteiger partial charge < -0.3 is 15.4 Å². The molecule has 4 aromatic rings. The molecule has 5 rings (SSSR count). The van der Waals surface area contributed by atoms with E-state index in [-0.39, 0.29) is 12.1 Å². The van der Waals surface area contributed by atoms with E-state index < -0.39 is 41.7 Å². The monoisotopic (exact) mass is 527 g/mol. The van der Waals surface area contributed by atoms with E-state index in [0.717, 1.165) is 5.56 Å². The Hall–Kier alpha value is -5.05. The van der Waals surface area contributed by atoms with Crippen molar-refractivity contribution in [2.75, 3.05) is 10.6 Å². The van der Waals surface area contributed by atoms with Crippen molar-refractivity contribution >= 4 is 29.3 Å². The Morgan fingerprint density at radius 3 is 2.08 bits per heavy atom. The lowest BCUT2D eigenvalue weighted by atomic mass is 10.00. The second kappa shape index (κ2) is 11.1. The number of carbonyl (C=O) groups excluding carboxylic acids is 3. The number of cyclic esters (lactones) is 1. The van der Waals surface area contributed by atoms with Crippen LogP contribution in [0, 0.1) is 11.6 Å². The van der Waals surface area contributed by atoms with Crippen LogP contribution in [0.5, 0.6) is 0 Å². The number of hydrogen-bond donors (Lipinski definition) is 2. The van der Waals surface area contributed by atoms with Crippen LogP contribution in [0.1, 0.15) is 27.6 Å². The van der Waals surface area contributed by atoms with E-state index in [2.05, 4.69) is 10.6 Å². The summed E-state index contributed by atoms with van der Waals surface area (Å²) in [5, 5.41) is 5.37. The average Bonchev–Trinajstić information content (AvgIpc) is 3.26. The number of halogens is 2. The Kier molecular flexibility index (Phi) is 7.31. The van der Waals surface area contributed by atoms with Gasteiger partial charge in [-0.25, -0.2) is 13.6 Å². The average molecular weight is 528 g/mol. The molecule has 3 amide bonds. The third-order valence-corrected chi connectivity index (χ3v) is 6.28. The topological polar surface area (TPSA) is 87.7 Å². The highest BCUT2D eigenvalue weighted by Gasteiger charge is 2.47. The van der Waals surface area contributed by atoms with Crippen molar-refractivity contribution in [3.05, 3.63) is 131 Å². The molecular weight excluding hydrogens is 504 g/mol. The molecule has 9 heteroatoms. The first-order valence-corrected chi connectivity index (χ1v) is 12.1. The molecule has 0 aliphatic carbocycles. The van der Waals surface area contributed by atoms with Gasteiger partial charge in [-0.1, -0.05) is 54.6 Å². The molecule has 1 aliphatic heterocycles. The van der Waals surface area contributed by atoms with Crippen LogP contribution in [-0.4, -0.2) is 28.8 Å². The first-order chi connectivity index (χ1) is 18.9. The lowest BCUT2D eigenvalue weighted by Crippen LogP contribution is -2.43. The Labute approximate surface area is 223 Å². The van der Waals surface area contributed by atoms with Crippen molar-refractivity contribution in [3.8, 4) is 0 Å². The van der Waals surface area contributed by atoms with E-state index in [1.807, 2.05) is 30.3 Å². The minimum absolute atomic E-state index is 0.0969. The van der Waals surface area contributed by atoms with Crippen LogP contribution in [0.2, 0.25) is 0 Å². The van der Waals surface area contributed by atoms with E-state index in [9.17, 15) is 23.2 Å². The van der Waals surface area contributed by atoms with Gasteiger partial charge in [-0.15, -0.1) is 0 Å². The molecule has 2 atom stereocenters. The first kappa shape index (κ1) is 25.6. The molecule has 0 radical (unpaired) electrons. The van der Waals surface area contributed by atoms with Crippen LogP contribution >= 0.6 is 0 Å². The Balaban J connectivity index is 1.39. The third kappa shape index (κ3) is 5.77. The highest BCUT2D eigenvalue weighted by atomic mass is 19.1. The van der Waals surface area contributed by atoms with Crippen molar-refractivity contribution in [1.82, 2.24) is 4.90 Å². The third-order valence-electron chi connectivity index (χ3n) is 6.28. The molecule has 0 saturated carbocycles. The van der Waals surface area contributed by atoms with Crippen molar-refractivity contribution < 1.29 is 27.9 Å². The number of nitrogens with one attached hydrogen (secondary N) is 2. The van der Waals surface area contributed by atoms with Gasteiger partial charge in [0.2, 0.25) is 0 Å². The number of anilines is 2. The molecule has 39 heavy (non-hydrogen) atoms. The largest absolute Gasteiger partial charge is 0.438 e. The fraction of sp³-hybridized carbons (Fsp3) is 0.100. The lowest BCUT2D eigenvalue weighted by molar-refractivity contribution is -0.121. The van der Waals surface area contributed by atoms with Gasteiger partial charge >= 0.3 is 6.09 Å². The highest BCUT2D eigenvalue weighted by Crippen LogP contribution is 2.35. The van der Waals surface area contributed by atoms with Crippen molar-refractivity contribution in [2.24, 2.45) is 0 Å². The smallest absolute Gasteiger partial charge is 0.411 e. The Bertz CT molecular complexity index is 1500. The predicted molar refractivity (Wildman–Crippen MR) is 141 cm³/mol. The van der Waals surface area contributed by atoms with Crippen molar-refractivity contribution in [3.63, 3.8) is 0 Å². The summed E-state index contributed by atoms with van der Waals surface area (Å²) in [6.45, 7) is 0.133. The SMILES string of the molecule is O=C(Nc1ccc([C@@H]2OC(=O)N(Cc3ccccc3)[C@@H]2C(=O)Nc2ccc(F)cc2)cc1)c1ccccc1F. The van der Waals surface area contributed by atoms with Crippen LogP contribution < -0.4 is 10.6 Å². The second-order valence-electron chi connectivity index (χ2n) is 8.91. The molecule has 196 valence electrons. The molecule has 7 nitrogen and oxygen atoms in total. The maximum absolute atomic E-state index is 14.0. The fourth-order valence-electron chi connectivity index (χ4n) is 4.34. The summed E-state index contributed by atoms with van der Waals surface area (Å²) in [5.41, 5.74) is 1.98. The number of benzene rings is 4. The van der Waals surface area contributed by atoms with Crippen LogP contribution in [0.25, 0.3) is 0 Å². The molecule has 1 heterocycles. The van der Waals surface area contributed by atoms with E-state index in [1.54, 1.807) is 30.3 Å². The van der Waals surface area contributed by atoms with Gasteiger partial charge in [0.05, 0.1) is 12.1 Å². The van der Waals surface area contributed by atoms with E-state index in [1.165, 1.54) is 47.4 Å². The summed E-state index contributed by atoms with van der Waals surface area (Å²) in [5.74, 6) is -2.21. The Morgan fingerprint density at radius 1 is 0.769 bits per heavy atom. The van der Waals surface area contributed by atoms with Gasteiger partial charge in [0.15, 0.2) is 12.1 Å². The first-order valence-electron chi connectivity index (χ1n) is 12.1. The predicted octanol–water partition coefficient (Wildman–Crippen LogP) is 5.92. The highest BCUT2D eigenvalue weighted by molar-refractivity contribution is 6.04. The number of amides is 3. The van der Waals surface area contributed by atoms with Crippen molar-refractivity contribution in [2.45, 2.75) is 18.7 Å². The van der Waals surface area contributed by atoms with E-state index in [4.69, 9.17) is 4.74 Å². The zero-order valence-electron chi connectivity index (χ0n) is 20.5. The van der Waals surface area contributed by atoms with E-state index in [0.29, 0.717) is 16.9 Å². The van der Waals surface area contributed by atoms with Crippen LogP contribution in [0.3, 0.4) is 0 Å². The Morgan fingerprint density at radius 2 is 1.38 bits per heavy atom. The molecule has 1 fully saturated rings. The van der Waals surface area contributed by atoms with Crippen LogP contribution in [0.15, 0.2) is 103 Å². The quantitative estimate of drug-likeness (QED) is 0.313. The molecule has 1 saturated heterocycles. The summed E-state index contributed by atoms with van der Waals surface area (Å²) in [4.78, 5) is 40.2. The summed E-state index contributed by atoms with van der Waals surface area (Å²) in [6, 6.07) is 25.5. The van der Waals surface area contributed by atoms with Gasteiger partial charge in [-0.05, 0) is 59.7 Å². The van der Waals surface area contributed by atoms with Gasteiger partial charge in [-0.3, -0.25) is 14.5 Å². The van der Waals surface area contributed by atoms with Gasteiger partial charge in [-0.2, -0.15) is 0 Å². The zero-order chi connectivity index (χ0) is 27.4. The summed E-state index contributed by atoms with van der Waals surface area (Å²) >= 11 is 0. The zero-order valence-corrected chi connectivity index (χ0v) is 20.5. The minimum atomic E-state index is -1.04. The fourth-order valence-corrected chi connectivity index (χ4v) is 4.34. The number of rotatable bonds is 7. The molecule has 0 spiro atoms. The summed E-state index contributed by atoms with van der Waals surface area (Å²) in [7, 11) is 0. The van der Waals surface area contributed by atoms with Gasteiger partial charge in [0, 0.05) is 11.4 Å². The lowest BCUT2D eigenvalue weighted by Gasteiger charge is -2.24. The number of nitrogens with zero attached hydrogens (tertiary/aromatic N) is 1. The molecule has 2 N–H and O–H groups in total.